The molecule has 0 unspecified atom stereocenters. The fraction of sp³-hybridized carbons (Fsp3) is 0.312. The molecule has 1 aromatic carbocycles. The lowest BCUT2D eigenvalue weighted by molar-refractivity contribution is -0.121. The highest BCUT2D eigenvalue weighted by Gasteiger charge is 2.08. The van der Waals surface area contributed by atoms with Crippen LogP contribution in [0.15, 0.2) is 34.2 Å². The van der Waals surface area contributed by atoms with Crippen LogP contribution in [-0.4, -0.2) is 36.4 Å². The summed E-state index contributed by atoms with van der Waals surface area (Å²) in [6, 6.07) is 7.80. The summed E-state index contributed by atoms with van der Waals surface area (Å²) in [5, 5.41) is 9.16. The van der Waals surface area contributed by atoms with Crippen LogP contribution in [0.3, 0.4) is 0 Å². The Hall–Kier alpha value is -2.83. The van der Waals surface area contributed by atoms with Crippen LogP contribution in [0.25, 0.3) is 0 Å². The van der Waals surface area contributed by atoms with Gasteiger partial charge in [0.1, 0.15) is 0 Å². The smallest absolute Gasteiger partial charge is 0.267 e. The molecule has 1 amide bonds. The summed E-state index contributed by atoms with van der Waals surface area (Å²) in [7, 11) is 3.95. The number of carbonyl (C=O) groups is 1. The van der Waals surface area contributed by atoms with Gasteiger partial charge in [-0.2, -0.15) is 5.10 Å². The van der Waals surface area contributed by atoms with Gasteiger partial charge in [-0.25, -0.2) is 5.43 Å². The minimum atomic E-state index is -0.230. The lowest BCUT2D eigenvalue weighted by atomic mass is 10.1. The molecule has 1 aromatic heterocycles. The molecule has 1 heterocycles. The molecular formula is C16H21N5O2. The molecule has 7 nitrogen and oxygen atoms in total. The van der Waals surface area contributed by atoms with E-state index in [4.69, 9.17) is 0 Å². The third kappa shape index (κ3) is 4.57. The van der Waals surface area contributed by atoms with E-state index in [-0.39, 0.29) is 17.9 Å². The van der Waals surface area contributed by atoms with Crippen LogP contribution < -0.4 is 15.9 Å². The van der Waals surface area contributed by atoms with Crippen molar-refractivity contribution >= 4 is 17.8 Å². The summed E-state index contributed by atoms with van der Waals surface area (Å²) >= 11 is 0. The highest BCUT2D eigenvalue weighted by atomic mass is 16.2. The third-order valence-corrected chi connectivity index (χ3v) is 3.50. The molecule has 0 radical (unpaired) electrons. The zero-order valence-electron chi connectivity index (χ0n) is 13.5. The van der Waals surface area contributed by atoms with Crippen LogP contribution in [0.4, 0.5) is 5.69 Å². The molecule has 0 bridgehead atoms. The van der Waals surface area contributed by atoms with Gasteiger partial charge in [-0.1, -0.05) is 12.1 Å². The summed E-state index contributed by atoms with van der Waals surface area (Å²) in [5.74, 6) is -0.230. The van der Waals surface area contributed by atoms with Gasteiger partial charge in [-0.3, -0.25) is 14.7 Å². The van der Waals surface area contributed by atoms with Gasteiger partial charge in [0.25, 0.3) is 5.56 Å². The van der Waals surface area contributed by atoms with Crippen LogP contribution in [0, 0.1) is 6.92 Å². The number of H-pyrrole nitrogens is 2. The molecule has 0 fully saturated rings. The minimum Gasteiger partial charge on any atom is -0.378 e. The fourth-order valence-corrected chi connectivity index (χ4v) is 2.10. The third-order valence-electron chi connectivity index (χ3n) is 3.50. The Labute approximate surface area is 134 Å². The van der Waals surface area contributed by atoms with E-state index < -0.39 is 0 Å². The number of nitrogens with one attached hydrogen (secondary N) is 3. The maximum Gasteiger partial charge on any atom is 0.267 e. The number of carbonyl (C=O) groups excluding carboxylic acids is 1. The zero-order chi connectivity index (χ0) is 16.8. The van der Waals surface area contributed by atoms with E-state index in [2.05, 4.69) is 20.7 Å². The second-order valence-electron chi connectivity index (χ2n) is 5.46. The molecule has 0 saturated heterocycles. The van der Waals surface area contributed by atoms with Crippen molar-refractivity contribution in [1.82, 2.24) is 15.6 Å². The molecule has 0 aliphatic heterocycles. The average Bonchev–Trinajstić information content (AvgIpc) is 2.84. The first-order chi connectivity index (χ1) is 11.0. The Balaban J connectivity index is 1.83. The Morgan fingerprint density at radius 3 is 2.52 bits per heavy atom. The summed E-state index contributed by atoms with van der Waals surface area (Å²) in [4.78, 5) is 25.2. The first-order valence-electron chi connectivity index (χ1n) is 7.33. The summed E-state index contributed by atoms with van der Waals surface area (Å²) in [5.41, 5.74) is 5.64. The molecule has 122 valence electrons. The lowest BCUT2D eigenvalue weighted by Crippen LogP contribution is -2.19. The molecule has 0 spiro atoms. The van der Waals surface area contributed by atoms with Gasteiger partial charge in [0.2, 0.25) is 5.91 Å². The van der Waals surface area contributed by atoms with Gasteiger partial charge in [-0.15, -0.1) is 0 Å². The number of aromatic nitrogens is 2. The predicted molar refractivity (Wildman–Crippen MR) is 91.0 cm³/mol. The second kappa shape index (κ2) is 7.44. The number of amides is 1. The lowest BCUT2D eigenvalue weighted by Gasteiger charge is -2.11. The minimum absolute atomic E-state index is 0.181. The number of benzene rings is 1. The topological polar surface area (TPSA) is 93.3 Å². The van der Waals surface area contributed by atoms with Crippen molar-refractivity contribution in [3.8, 4) is 0 Å². The first kappa shape index (κ1) is 16.5. The molecular weight excluding hydrogens is 294 g/mol. The Morgan fingerprint density at radius 2 is 1.96 bits per heavy atom. The average molecular weight is 315 g/mol. The number of hydrazone groups is 1. The molecule has 7 heteroatoms. The van der Waals surface area contributed by atoms with Crippen LogP contribution in [-0.2, 0) is 11.2 Å². The molecule has 2 rings (SSSR count). The van der Waals surface area contributed by atoms with Gasteiger partial charge >= 0.3 is 0 Å². The first-order valence-corrected chi connectivity index (χ1v) is 7.33. The van der Waals surface area contributed by atoms with Gasteiger partial charge in [0.05, 0.1) is 6.21 Å². The summed E-state index contributed by atoms with van der Waals surface area (Å²) in [6.07, 6.45) is 2.17. The number of hydrogen-bond donors (Lipinski definition) is 3. The molecule has 3 N–H and O–H groups in total. The number of hydrogen-bond acceptors (Lipinski definition) is 4. The van der Waals surface area contributed by atoms with Crippen LogP contribution in [0.1, 0.15) is 23.2 Å². The number of aromatic amines is 2. The summed E-state index contributed by atoms with van der Waals surface area (Å²) < 4.78 is 0. The molecule has 2 aromatic rings. The second-order valence-corrected chi connectivity index (χ2v) is 5.46. The molecule has 0 saturated carbocycles. The molecule has 0 aliphatic carbocycles. The van der Waals surface area contributed by atoms with Crippen molar-refractivity contribution in [3.05, 3.63) is 51.4 Å². The Morgan fingerprint density at radius 1 is 1.26 bits per heavy atom. The van der Waals surface area contributed by atoms with E-state index in [1.165, 1.54) is 0 Å². The van der Waals surface area contributed by atoms with Crippen molar-refractivity contribution in [2.24, 2.45) is 5.10 Å². The zero-order valence-corrected chi connectivity index (χ0v) is 13.5. The maximum absolute atomic E-state index is 11.7. The number of rotatable bonds is 6. The van der Waals surface area contributed by atoms with E-state index in [0.717, 1.165) is 16.9 Å². The number of aryl methyl sites for hydroxylation is 1. The van der Waals surface area contributed by atoms with Crippen molar-refractivity contribution < 1.29 is 4.79 Å². The van der Waals surface area contributed by atoms with Gasteiger partial charge in [-0.05, 0) is 31.0 Å². The SMILES string of the molecule is Cc1[nH][nH]c(=O)c1CCC(=O)N/N=C\c1ccc(N(C)C)cc1. The standard InChI is InChI=1S/C16H21N5O2/c1-11-14(16(23)20-18-11)8-9-15(22)19-17-10-12-4-6-13(7-5-12)21(2)3/h4-7,10H,8-9H2,1-3H3,(H,19,22)(H2,18,20,23)/b17-10-. The quantitative estimate of drug-likeness (QED) is 0.551. The largest absolute Gasteiger partial charge is 0.378 e. The number of anilines is 1. The van der Waals surface area contributed by atoms with E-state index >= 15 is 0 Å². The van der Waals surface area contributed by atoms with Crippen LogP contribution in [0.5, 0.6) is 0 Å². The van der Waals surface area contributed by atoms with Crippen LogP contribution in [0.2, 0.25) is 0 Å². The molecule has 0 atom stereocenters. The fourth-order valence-electron chi connectivity index (χ4n) is 2.10. The maximum atomic E-state index is 11.7. The van der Waals surface area contributed by atoms with Gasteiger partial charge in [0.15, 0.2) is 0 Å². The summed E-state index contributed by atoms with van der Waals surface area (Å²) in [6.45, 7) is 1.79. The van der Waals surface area contributed by atoms with Crippen molar-refractivity contribution in [3.63, 3.8) is 0 Å². The normalized spacial score (nSPS) is 10.9. The van der Waals surface area contributed by atoms with E-state index in [9.17, 15) is 9.59 Å². The van der Waals surface area contributed by atoms with Crippen molar-refractivity contribution in [2.45, 2.75) is 19.8 Å². The number of nitrogens with zero attached hydrogens (tertiary/aromatic N) is 2. The Bertz CT molecular complexity index is 741. The van der Waals surface area contributed by atoms with Gasteiger partial charge < -0.3 is 10.00 Å². The Kier molecular flexibility index (Phi) is 5.35. The predicted octanol–water partition coefficient (Wildman–Crippen LogP) is 1.16. The van der Waals surface area contributed by atoms with Crippen molar-refractivity contribution in [2.75, 3.05) is 19.0 Å². The van der Waals surface area contributed by atoms with Crippen molar-refractivity contribution in [1.29, 1.82) is 0 Å². The van der Waals surface area contributed by atoms with E-state index in [1.54, 1.807) is 13.1 Å². The monoisotopic (exact) mass is 315 g/mol. The molecule has 23 heavy (non-hydrogen) atoms. The highest BCUT2D eigenvalue weighted by molar-refractivity contribution is 5.82. The van der Waals surface area contributed by atoms with E-state index in [1.807, 2.05) is 43.3 Å². The highest BCUT2D eigenvalue weighted by Crippen LogP contribution is 2.10. The molecule has 0 aliphatic rings. The van der Waals surface area contributed by atoms with Gasteiger partial charge in [0, 0.05) is 37.5 Å². The van der Waals surface area contributed by atoms with Crippen LogP contribution >= 0.6 is 0 Å². The van der Waals surface area contributed by atoms with E-state index in [0.29, 0.717) is 12.0 Å².